The van der Waals surface area contributed by atoms with Gasteiger partial charge in [0.25, 0.3) is 0 Å². The highest BCUT2D eigenvalue weighted by Crippen LogP contribution is 2.19. The molecule has 1 unspecified atom stereocenters. The lowest BCUT2D eigenvalue weighted by Crippen LogP contribution is -2.28. The average molecular weight is 273 g/mol. The van der Waals surface area contributed by atoms with Gasteiger partial charge in [0, 0.05) is 23.7 Å². The molecule has 2 aromatic rings. The van der Waals surface area contributed by atoms with E-state index in [1.165, 1.54) is 0 Å². The maximum absolute atomic E-state index is 12.0. The van der Waals surface area contributed by atoms with E-state index in [2.05, 4.69) is 25.8 Å². The molecule has 0 aliphatic rings. The zero-order valence-electron chi connectivity index (χ0n) is 11.9. The number of rotatable bonds is 5. The Bertz CT molecular complexity index is 593. The van der Waals surface area contributed by atoms with E-state index in [4.69, 9.17) is 0 Å². The van der Waals surface area contributed by atoms with Crippen LogP contribution in [0.1, 0.15) is 12.7 Å². The van der Waals surface area contributed by atoms with Gasteiger partial charge in [-0.2, -0.15) is 5.10 Å². The van der Waals surface area contributed by atoms with Crippen molar-refractivity contribution in [3.63, 3.8) is 0 Å². The van der Waals surface area contributed by atoms with Gasteiger partial charge in [-0.1, -0.05) is 19.1 Å². The maximum atomic E-state index is 12.0. The van der Waals surface area contributed by atoms with Gasteiger partial charge >= 0.3 is 0 Å². The normalized spacial score (nSPS) is 12.2. The Balaban J connectivity index is 2.12. The molecule has 1 amide bonds. The van der Waals surface area contributed by atoms with Crippen LogP contribution in [0.15, 0.2) is 24.3 Å². The quantitative estimate of drug-likeness (QED) is 0.772. The molecule has 6 nitrogen and oxygen atoms in total. The lowest BCUT2D eigenvalue weighted by molar-refractivity contribution is -0.119. The van der Waals surface area contributed by atoms with Crippen LogP contribution < -0.4 is 10.6 Å². The number of carbonyl (C=O) groups excluding carboxylic acids is 1. The van der Waals surface area contributed by atoms with Gasteiger partial charge < -0.3 is 10.6 Å². The van der Waals surface area contributed by atoms with E-state index in [-0.39, 0.29) is 11.8 Å². The number of aromatic amines is 1. The molecule has 0 spiro atoms. The van der Waals surface area contributed by atoms with Crippen LogP contribution in [0.25, 0.3) is 11.4 Å². The van der Waals surface area contributed by atoms with Crippen molar-refractivity contribution in [3.8, 4) is 11.4 Å². The molecule has 6 heteroatoms. The number of carbonyl (C=O) groups is 1. The highest BCUT2D eigenvalue weighted by atomic mass is 16.1. The fourth-order valence-electron chi connectivity index (χ4n) is 1.87. The molecule has 0 bridgehead atoms. The van der Waals surface area contributed by atoms with Gasteiger partial charge in [0.15, 0.2) is 5.82 Å². The van der Waals surface area contributed by atoms with Crippen molar-refractivity contribution in [2.75, 3.05) is 18.9 Å². The van der Waals surface area contributed by atoms with Gasteiger partial charge in [-0.25, -0.2) is 4.98 Å². The molecule has 0 saturated heterocycles. The number of aryl methyl sites for hydroxylation is 1. The Morgan fingerprint density at radius 3 is 2.90 bits per heavy atom. The first-order valence-electron chi connectivity index (χ1n) is 6.55. The predicted molar refractivity (Wildman–Crippen MR) is 78.3 cm³/mol. The Kier molecular flexibility index (Phi) is 4.47. The van der Waals surface area contributed by atoms with Crippen LogP contribution in [0.4, 0.5) is 5.69 Å². The zero-order chi connectivity index (χ0) is 14.5. The van der Waals surface area contributed by atoms with Gasteiger partial charge in [-0.15, -0.1) is 0 Å². The minimum atomic E-state index is -0.0885. The van der Waals surface area contributed by atoms with Crippen molar-refractivity contribution >= 4 is 11.6 Å². The molecule has 2 rings (SSSR count). The summed E-state index contributed by atoms with van der Waals surface area (Å²) in [7, 11) is 1.83. The Hall–Kier alpha value is -2.21. The SMILES string of the molecule is CNCC(C)C(=O)Nc1cccc(-c2n[nH]c(C)n2)c1. The number of hydrogen-bond donors (Lipinski definition) is 3. The van der Waals surface area contributed by atoms with Gasteiger partial charge in [0.2, 0.25) is 5.91 Å². The monoisotopic (exact) mass is 273 g/mol. The number of anilines is 1. The summed E-state index contributed by atoms with van der Waals surface area (Å²) in [6.07, 6.45) is 0. The van der Waals surface area contributed by atoms with Crippen LogP contribution in [-0.2, 0) is 4.79 Å². The van der Waals surface area contributed by atoms with Crippen molar-refractivity contribution in [1.29, 1.82) is 0 Å². The molecule has 1 atom stereocenters. The molecule has 0 radical (unpaired) electrons. The van der Waals surface area contributed by atoms with Gasteiger partial charge in [-0.3, -0.25) is 9.89 Å². The van der Waals surface area contributed by atoms with Crippen LogP contribution in [0.5, 0.6) is 0 Å². The third-order valence-corrected chi connectivity index (χ3v) is 2.94. The minimum absolute atomic E-state index is 0.0114. The molecule has 1 aromatic heterocycles. The van der Waals surface area contributed by atoms with E-state index in [1.54, 1.807) is 0 Å². The first-order valence-corrected chi connectivity index (χ1v) is 6.55. The topological polar surface area (TPSA) is 82.7 Å². The van der Waals surface area contributed by atoms with Crippen LogP contribution in [0, 0.1) is 12.8 Å². The van der Waals surface area contributed by atoms with Crippen LogP contribution in [-0.4, -0.2) is 34.7 Å². The van der Waals surface area contributed by atoms with Crippen molar-refractivity contribution in [2.24, 2.45) is 5.92 Å². The molecule has 20 heavy (non-hydrogen) atoms. The fraction of sp³-hybridized carbons (Fsp3) is 0.357. The molecule has 3 N–H and O–H groups in total. The van der Waals surface area contributed by atoms with Gasteiger partial charge in [-0.05, 0) is 26.1 Å². The summed E-state index contributed by atoms with van der Waals surface area (Å²) in [5, 5.41) is 12.8. The highest BCUT2D eigenvalue weighted by Gasteiger charge is 2.12. The Morgan fingerprint density at radius 1 is 1.45 bits per heavy atom. The summed E-state index contributed by atoms with van der Waals surface area (Å²) in [6, 6.07) is 7.51. The summed E-state index contributed by atoms with van der Waals surface area (Å²) in [5.41, 5.74) is 1.62. The molecule has 0 saturated carbocycles. The predicted octanol–water partition coefficient (Wildman–Crippen LogP) is 1.57. The van der Waals surface area contributed by atoms with E-state index < -0.39 is 0 Å². The first kappa shape index (κ1) is 14.2. The summed E-state index contributed by atoms with van der Waals surface area (Å²) < 4.78 is 0. The van der Waals surface area contributed by atoms with E-state index in [9.17, 15) is 4.79 Å². The minimum Gasteiger partial charge on any atom is -0.326 e. The standard InChI is InChI=1S/C14H19N5O/c1-9(8-15-3)14(20)17-12-6-4-5-11(7-12)13-16-10(2)18-19-13/h4-7,9,15H,8H2,1-3H3,(H,17,20)(H,16,18,19). The van der Waals surface area contributed by atoms with Crippen molar-refractivity contribution in [2.45, 2.75) is 13.8 Å². The average Bonchev–Trinajstić information content (AvgIpc) is 2.86. The van der Waals surface area contributed by atoms with E-state index in [1.807, 2.05) is 45.2 Å². The molecule has 1 aromatic carbocycles. The highest BCUT2D eigenvalue weighted by molar-refractivity contribution is 5.93. The molecule has 0 fully saturated rings. The van der Waals surface area contributed by atoms with Gasteiger partial charge in [0.05, 0.1) is 0 Å². The number of hydrogen-bond acceptors (Lipinski definition) is 4. The molecule has 0 aliphatic carbocycles. The fourth-order valence-corrected chi connectivity index (χ4v) is 1.87. The third-order valence-electron chi connectivity index (χ3n) is 2.94. The summed E-state index contributed by atoms with van der Waals surface area (Å²) >= 11 is 0. The maximum Gasteiger partial charge on any atom is 0.228 e. The van der Waals surface area contributed by atoms with Crippen molar-refractivity contribution in [3.05, 3.63) is 30.1 Å². The van der Waals surface area contributed by atoms with Crippen molar-refractivity contribution < 1.29 is 4.79 Å². The second-order valence-corrected chi connectivity index (χ2v) is 4.77. The molecule has 0 aliphatic heterocycles. The smallest absolute Gasteiger partial charge is 0.228 e. The summed E-state index contributed by atoms with van der Waals surface area (Å²) in [5.74, 6) is 1.29. The number of aromatic nitrogens is 3. The number of H-pyrrole nitrogens is 1. The van der Waals surface area contributed by atoms with Crippen LogP contribution in [0.2, 0.25) is 0 Å². The second kappa shape index (κ2) is 6.29. The second-order valence-electron chi connectivity index (χ2n) is 4.77. The third kappa shape index (κ3) is 3.42. The van der Waals surface area contributed by atoms with Crippen LogP contribution >= 0.6 is 0 Å². The van der Waals surface area contributed by atoms with Crippen molar-refractivity contribution in [1.82, 2.24) is 20.5 Å². The number of nitrogens with zero attached hydrogens (tertiary/aromatic N) is 2. The summed E-state index contributed by atoms with van der Waals surface area (Å²) in [4.78, 5) is 16.2. The largest absolute Gasteiger partial charge is 0.326 e. The Morgan fingerprint density at radius 2 is 2.25 bits per heavy atom. The molecular formula is C14H19N5O. The lowest BCUT2D eigenvalue weighted by atomic mass is 10.1. The number of nitrogens with one attached hydrogen (secondary N) is 3. The molecule has 106 valence electrons. The van der Waals surface area contributed by atoms with E-state index >= 15 is 0 Å². The summed E-state index contributed by atoms with van der Waals surface area (Å²) in [6.45, 7) is 4.38. The number of benzene rings is 1. The lowest BCUT2D eigenvalue weighted by Gasteiger charge is -2.11. The first-order chi connectivity index (χ1) is 9.60. The van der Waals surface area contributed by atoms with Gasteiger partial charge in [0.1, 0.15) is 5.82 Å². The number of amides is 1. The van der Waals surface area contributed by atoms with Crippen LogP contribution in [0.3, 0.4) is 0 Å². The molecule has 1 heterocycles. The van der Waals surface area contributed by atoms with E-state index in [0.29, 0.717) is 12.4 Å². The Labute approximate surface area is 118 Å². The molecular weight excluding hydrogens is 254 g/mol. The van der Waals surface area contributed by atoms with E-state index in [0.717, 1.165) is 17.1 Å². The zero-order valence-corrected chi connectivity index (χ0v) is 11.9.